The Hall–Kier alpha value is -3.74. The zero-order valence-electron chi connectivity index (χ0n) is 21.5. The van der Waals surface area contributed by atoms with Gasteiger partial charge in [0.1, 0.15) is 23.6 Å². The highest BCUT2D eigenvalue weighted by molar-refractivity contribution is 5.97. The number of H-pyrrole nitrogens is 1. The maximum atomic E-state index is 13.9. The second kappa shape index (κ2) is 9.61. The maximum Gasteiger partial charge on any atom is 0.246 e. The Labute approximate surface area is 217 Å². The molecule has 2 aliphatic heterocycles. The molecule has 7 nitrogen and oxygen atoms in total. The number of hydrogen-bond donors (Lipinski definition) is 1. The number of ether oxygens (including phenoxy) is 2. The molecule has 1 aliphatic carbocycles. The fourth-order valence-corrected chi connectivity index (χ4v) is 6.29. The number of nitrogens with one attached hydrogen (secondary N) is 1. The van der Waals surface area contributed by atoms with Gasteiger partial charge in [-0.2, -0.15) is 0 Å². The molecule has 2 aromatic carbocycles. The van der Waals surface area contributed by atoms with Crippen LogP contribution in [0.4, 0.5) is 0 Å². The van der Waals surface area contributed by atoms with Crippen molar-refractivity contribution in [3.63, 3.8) is 0 Å². The molecule has 1 N–H and O–H groups in total. The predicted molar refractivity (Wildman–Crippen MR) is 142 cm³/mol. The van der Waals surface area contributed by atoms with Crippen LogP contribution >= 0.6 is 0 Å². The highest BCUT2D eigenvalue weighted by atomic mass is 16.5. The maximum absolute atomic E-state index is 13.9. The number of aromatic nitrogens is 1. The first kappa shape index (κ1) is 23.6. The second-order valence-electron chi connectivity index (χ2n) is 10.2. The van der Waals surface area contributed by atoms with Gasteiger partial charge < -0.3 is 24.3 Å². The molecular weight excluding hydrogens is 466 g/mol. The number of piperazine rings is 1. The summed E-state index contributed by atoms with van der Waals surface area (Å²) < 4.78 is 11.2. The van der Waals surface area contributed by atoms with E-state index in [9.17, 15) is 9.59 Å². The highest BCUT2D eigenvalue weighted by Crippen LogP contribution is 2.45. The van der Waals surface area contributed by atoms with E-state index in [1.54, 1.807) is 24.0 Å². The van der Waals surface area contributed by atoms with Crippen molar-refractivity contribution in [2.45, 2.75) is 50.6 Å². The zero-order chi connectivity index (χ0) is 25.5. The molecule has 3 heterocycles. The molecule has 2 amide bonds. The lowest BCUT2D eigenvalue weighted by Gasteiger charge is -2.47. The number of nitrogens with zero attached hydrogens (tertiary/aromatic N) is 2. The van der Waals surface area contributed by atoms with Gasteiger partial charge in [0, 0.05) is 41.2 Å². The smallest absolute Gasteiger partial charge is 0.246 e. The molecule has 2 atom stereocenters. The Morgan fingerprint density at radius 1 is 1.05 bits per heavy atom. The number of hydrogen-bond acceptors (Lipinski definition) is 4. The molecule has 0 radical (unpaired) electrons. The number of amides is 2. The van der Waals surface area contributed by atoms with Gasteiger partial charge in [0.05, 0.1) is 20.8 Å². The van der Waals surface area contributed by atoms with Gasteiger partial charge >= 0.3 is 0 Å². The quantitative estimate of drug-likeness (QED) is 0.496. The summed E-state index contributed by atoms with van der Waals surface area (Å²) in [6.07, 6.45) is 8.33. The van der Waals surface area contributed by atoms with Crippen LogP contribution in [0, 0.1) is 0 Å². The average molecular weight is 500 g/mol. The number of carbonyl (C=O) groups excluding carboxylic acids is 2. The predicted octanol–water partition coefficient (Wildman–Crippen LogP) is 4.76. The van der Waals surface area contributed by atoms with Crippen molar-refractivity contribution in [1.82, 2.24) is 14.8 Å². The Morgan fingerprint density at radius 2 is 1.92 bits per heavy atom. The largest absolute Gasteiger partial charge is 0.497 e. The molecule has 37 heavy (non-hydrogen) atoms. The lowest BCUT2D eigenvalue weighted by molar-refractivity contribution is -0.158. The molecule has 1 saturated heterocycles. The van der Waals surface area contributed by atoms with E-state index < -0.39 is 12.1 Å². The van der Waals surface area contributed by atoms with E-state index in [0.717, 1.165) is 47.0 Å². The Bertz CT molecular complexity index is 1390. The number of allylic oxidation sites excluding steroid dienone is 1. The normalized spacial score (nSPS) is 21.5. The molecule has 0 bridgehead atoms. The van der Waals surface area contributed by atoms with E-state index >= 15 is 0 Å². The van der Waals surface area contributed by atoms with Crippen LogP contribution in [0.5, 0.6) is 11.5 Å². The van der Waals surface area contributed by atoms with E-state index in [2.05, 4.69) is 17.1 Å². The van der Waals surface area contributed by atoms with Gasteiger partial charge in [0.25, 0.3) is 0 Å². The molecule has 0 saturated carbocycles. The molecule has 6 rings (SSSR count). The molecule has 1 fully saturated rings. The number of methoxy groups -OCH3 is 2. The van der Waals surface area contributed by atoms with Crippen LogP contribution in [0.15, 0.2) is 54.1 Å². The number of fused-ring (bicyclic) bond motifs is 4. The second-order valence-corrected chi connectivity index (χ2v) is 10.2. The third-order valence-electron chi connectivity index (χ3n) is 8.17. The number of rotatable bonds is 6. The van der Waals surface area contributed by atoms with Gasteiger partial charge in [-0.15, -0.1) is 0 Å². The standard InChI is InChI=1S/C30H33N3O4/c1-36-20-12-13-22(26(16-20)37-2)29-28-23(21-10-6-7-11-24(21)31-28)17-25-30(35)32(18-27(34)33(25)29)15-14-19-8-4-3-5-9-19/h6-8,10-13,16,25,29,31H,3-5,9,14-15,17-18H2,1-2H3/t25-,29+/m0/s1. The van der Waals surface area contributed by atoms with Crippen molar-refractivity contribution in [3.05, 3.63) is 70.9 Å². The van der Waals surface area contributed by atoms with Gasteiger partial charge in [-0.1, -0.05) is 29.8 Å². The minimum atomic E-state index is -0.551. The van der Waals surface area contributed by atoms with Crippen LogP contribution in [-0.4, -0.2) is 59.9 Å². The summed E-state index contributed by atoms with van der Waals surface area (Å²) in [6.45, 7) is 0.700. The topological polar surface area (TPSA) is 74.9 Å². The first-order valence-electron chi connectivity index (χ1n) is 13.2. The van der Waals surface area contributed by atoms with Crippen LogP contribution in [0.3, 0.4) is 0 Å². The molecule has 192 valence electrons. The third-order valence-corrected chi connectivity index (χ3v) is 8.17. The van der Waals surface area contributed by atoms with E-state index in [4.69, 9.17) is 9.47 Å². The molecular formula is C30H33N3O4. The first-order chi connectivity index (χ1) is 18.1. The van der Waals surface area contributed by atoms with Crippen molar-refractivity contribution in [2.24, 2.45) is 0 Å². The van der Waals surface area contributed by atoms with Gasteiger partial charge in [-0.25, -0.2) is 0 Å². The van der Waals surface area contributed by atoms with Crippen molar-refractivity contribution in [3.8, 4) is 11.5 Å². The summed E-state index contributed by atoms with van der Waals surface area (Å²) in [4.78, 5) is 34.9. The lowest BCUT2D eigenvalue weighted by atomic mass is 9.85. The number of aromatic amines is 1. The van der Waals surface area contributed by atoms with Crippen LogP contribution in [0.2, 0.25) is 0 Å². The van der Waals surface area contributed by atoms with E-state index in [0.29, 0.717) is 24.5 Å². The molecule has 7 heteroatoms. The van der Waals surface area contributed by atoms with Crippen molar-refractivity contribution < 1.29 is 19.1 Å². The first-order valence-corrected chi connectivity index (χ1v) is 13.2. The number of carbonyl (C=O) groups is 2. The van der Waals surface area contributed by atoms with Crippen LogP contribution in [0.25, 0.3) is 10.9 Å². The van der Waals surface area contributed by atoms with Crippen LogP contribution in [-0.2, 0) is 16.0 Å². The molecule has 0 unspecified atom stereocenters. The summed E-state index contributed by atoms with van der Waals surface area (Å²) in [7, 11) is 3.24. The Kier molecular flexibility index (Phi) is 6.14. The van der Waals surface area contributed by atoms with Crippen LogP contribution in [0.1, 0.15) is 55.0 Å². The van der Waals surface area contributed by atoms with Crippen molar-refractivity contribution in [1.29, 1.82) is 0 Å². The minimum Gasteiger partial charge on any atom is -0.497 e. The Balaban J connectivity index is 1.42. The third kappa shape index (κ3) is 4.06. The van der Waals surface area contributed by atoms with Crippen molar-refractivity contribution >= 4 is 22.7 Å². The molecule has 3 aliphatic rings. The summed E-state index contributed by atoms with van der Waals surface area (Å²) in [5, 5.41) is 1.10. The highest BCUT2D eigenvalue weighted by Gasteiger charge is 2.48. The summed E-state index contributed by atoms with van der Waals surface area (Å²) in [6, 6.07) is 12.8. The Morgan fingerprint density at radius 3 is 2.70 bits per heavy atom. The fraction of sp³-hybridized carbons (Fsp3) is 0.400. The molecule has 3 aromatic rings. The summed E-state index contributed by atoms with van der Waals surface area (Å²) in [5.74, 6) is 1.30. The summed E-state index contributed by atoms with van der Waals surface area (Å²) in [5.41, 5.74) is 5.30. The van der Waals surface area contributed by atoms with Gasteiger partial charge in [0.15, 0.2) is 0 Å². The fourth-order valence-electron chi connectivity index (χ4n) is 6.29. The van der Waals surface area contributed by atoms with E-state index in [1.165, 1.54) is 18.4 Å². The van der Waals surface area contributed by atoms with E-state index in [1.807, 2.05) is 36.4 Å². The van der Waals surface area contributed by atoms with Gasteiger partial charge in [-0.3, -0.25) is 9.59 Å². The zero-order valence-corrected chi connectivity index (χ0v) is 21.5. The summed E-state index contributed by atoms with van der Waals surface area (Å²) >= 11 is 0. The number of para-hydroxylation sites is 1. The van der Waals surface area contributed by atoms with Crippen LogP contribution < -0.4 is 9.47 Å². The molecule has 1 aromatic heterocycles. The minimum absolute atomic E-state index is 0.0319. The SMILES string of the molecule is COc1ccc([C@@H]2c3[nH]c4ccccc4c3C[C@H]3C(=O)N(CCC4=CCCCC4)CC(=O)N23)c(OC)c1. The van der Waals surface area contributed by atoms with Gasteiger partial charge in [0.2, 0.25) is 11.8 Å². The van der Waals surface area contributed by atoms with Gasteiger partial charge in [-0.05, 0) is 55.9 Å². The average Bonchev–Trinajstić information content (AvgIpc) is 3.31. The monoisotopic (exact) mass is 499 g/mol. The lowest BCUT2D eigenvalue weighted by Crippen LogP contribution is -2.63. The van der Waals surface area contributed by atoms with Crippen molar-refractivity contribution in [2.75, 3.05) is 27.3 Å². The molecule has 0 spiro atoms. The van der Waals surface area contributed by atoms with E-state index in [-0.39, 0.29) is 18.4 Å². The number of benzene rings is 2.